The Bertz CT molecular complexity index is 979. The van der Waals surface area contributed by atoms with Gasteiger partial charge in [-0.15, -0.1) is 0 Å². The van der Waals surface area contributed by atoms with Crippen LogP contribution in [0, 0.1) is 6.92 Å². The quantitative estimate of drug-likeness (QED) is 0.551. The summed E-state index contributed by atoms with van der Waals surface area (Å²) >= 11 is 6.02. The van der Waals surface area contributed by atoms with Gasteiger partial charge in [0, 0.05) is 12.1 Å². The second-order valence-electron chi connectivity index (χ2n) is 6.62. The van der Waals surface area contributed by atoms with Crippen LogP contribution in [0.3, 0.4) is 0 Å². The van der Waals surface area contributed by atoms with Crippen LogP contribution in [0.5, 0.6) is 5.75 Å². The fourth-order valence-electron chi connectivity index (χ4n) is 2.92. The average molecular weight is 400 g/mol. The number of rotatable bonds is 7. The van der Waals surface area contributed by atoms with E-state index >= 15 is 0 Å². The van der Waals surface area contributed by atoms with E-state index in [4.69, 9.17) is 20.8 Å². The van der Waals surface area contributed by atoms with Crippen LogP contribution in [0.15, 0.2) is 52.9 Å². The Balaban J connectivity index is 1.77. The first-order valence-corrected chi connectivity index (χ1v) is 9.26. The maximum atomic E-state index is 11.4. The molecule has 1 aromatic heterocycles. The maximum absolute atomic E-state index is 11.4. The molecule has 0 fully saturated rings. The van der Waals surface area contributed by atoms with Crippen molar-refractivity contribution in [2.45, 2.75) is 26.4 Å². The molecule has 3 aromatic rings. The second kappa shape index (κ2) is 8.50. The Morgan fingerprint density at radius 1 is 1.21 bits per heavy atom. The highest BCUT2D eigenvalue weighted by Gasteiger charge is 2.18. The van der Waals surface area contributed by atoms with Crippen molar-refractivity contribution in [2.24, 2.45) is 0 Å². The number of carbonyl (C=O) groups is 1. The van der Waals surface area contributed by atoms with Gasteiger partial charge in [-0.1, -0.05) is 41.4 Å². The summed E-state index contributed by atoms with van der Waals surface area (Å²) in [6.07, 6.45) is 0. The van der Waals surface area contributed by atoms with Crippen molar-refractivity contribution >= 4 is 17.6 Å². The molecule has 0 aliphatic rings. The van der Waals surface area contributed by atoms with E-state index in [1.54, 1.807) is 6.07 Å². The van der Waals surface area contributed by atoms with Gasteiger partial charge in [0.25, 0.3) is 0 Å². The second-order valence-corrected chi connectivity index (χ2v) is 7.02. The van der Waals surface area contributed by atoms with Gasteiger partial charge >= 0.3 is 5.97 Å². The van der Waals surface area contributed by atoms with Gasteiger partial charge in [-0.25, -0.2) is 4.79 Å². The van der Waals surface area contributed by atoms with E-state index in [9.17, 15) is 9.90 Å². The van der Waals surface area contributed by atoms with Gasteiger partial charge in [0.05, 0.1) is 29.8 Å². The molecular formula is C22H22ClNO4. The van der Waals surface area contributed by atoms with E-state index in [1.807, 2.05) is 6.07 Å². The number of hydrogen-bond donors (Lipinski definition) is 2. The van der Waals surface area contributed by atoms with E-state index in [-0.39, 0.29) is 16.6 Å². The molecule has 0 unspecified atom stereocenters. The molecule has 0 aliphatic carbocycles. The maximum Gasteiger partial charge on any atom is 0.337 e. The van der Waals surface area contributed by atoms with Gasteiger partial charge in [-0.05, 0) is 37.6 Å². The van der Waals surface area contributed by atoms with Crippen LogP contribution in [-0.2, 0) is 6.54 Å². The Morgan fingerprint density at radius 2 is 1.93 bits per heavy atom. The number of ether oxygens (including phenoxy) is 1. The summed E-state index contributed by atoms with van der Waals surface area (Å²) in [5.74, 6) is 0.616. The Morgan fingerprint density at radius 3 is 2.57 bits per heavy atom. The molecule has 0 saturated carbocycles. The van der Waals surface area contributed by atoms with Gasteiger partial charge in [-0.3, -0.25) is 0 Å². The van der Waals surface area contributed by atoms with Gasteiger partial charge < -0.3 is 19.6 Å². The predicted molar refractivity (Wildman–Crippen MR) is 109 cm³/mol. The standard InChI is InChI=1S/C22H22ClNO4/c1-13-4-6-15(7-5-13)14(2)24-12-16-8-9-20(28-16)18-10-17(22(25)26)19(23)11-21(18)27-3/h4-11,14,24H,12H2,1-3H3,(H,25,26)/t14-/m1/s1. The molecule has 0 radical (unpaired) electrons. The number of methoxy groups -OCH3 is 1. The third kappa shape index (κ3) is 4.38. The number of halogens is 1. The fraction of sp³-hybridized carbons (Fsp3) is 0.227. The van der Waals surface area contributed by atoms with Crippen molar-refractivity contribution in [2.75, 3.05) is 7.11 Å². The van der Waals surface area contributed by atoms with Crippen molar-refractivity contribution in [3.63, 3.8) is 0 Å². The van der Waals surface area contributed by atoms with E-state index in [0.29, 0.717) is 23.6 Å². The van der Waals surface area contributed by atoms with Gasteiger partial charge in [0.1, 0.15) is 17.3 Å². The summed E-state index contributed by atoms with van der Waals surface area (Å²) < 4.78 is 11.3. The molecule has 0 amide bonds. The molecule has 0 aliphatic heterocycles. The highest BCUT2D eigenvalue weighted by molar-refractivity contribution is 6.33. The molecule has 0 bridgehead atoms. The number of carboxylic acids is 1. The summed E-state index contributed by atoms with van der Waals surface area (Å²) in [7, 11) is 1.50. The van der Waals surface area contributed by atoms with Gasteiger partial charge in [-0.2, -0.15) is 0 Å². The predicted octanol–water partition coefficient (Wildman–Crippen LogP) is 5.47. The summed E-state index contributed by atoms with van der Waals surface area (Å²) in [6, 6.07) is 15.2. The molecule has 146 valence electrons. The van der Waals surface area contributed by atoms with Crippen LogP contribution in [0.2, 0.25) is 5.02 Å². The SMILES string of the molecule is COc1cc(Cl)c(C(=O)O)cc1-c1ccc(CN[C@H](C)c2ccc(C)cc2)o1. The molecule has 2 N–H and O–H groups in total. The molecule has 0 spiro atoms. The van der Waals surface area contributed by atoms with Crippen LogP contribution in [0.25, 0.3) is 11.3 Å². The lowest BCUT2D eigenvalue weighted by molar-refractivity contribution is 0.0697. The third-order valence-corrected chi connectivity index (χ3v) is 4.92. The van der Waals surface area contributed by atoms with E-state index in [2.05, 4.69) is 43.4 Å². The van der Waals surface area contributed by atoms with Crippen molar-refractivity contribution < 1.29 is 19.1 Å². The largest absolute Gasteiger partial charge is 0.496 e. The van der Waals surface area contributed by atoms with Crippen LogP contribution in [0.1, 0.15) is 40.2 Å². The van der Waals surface area contributed by atoms with Crippen LogP contribution >= 0.6 is 11.6 Å². The number of aromatic carboxylic acids is 1. The van der Waals surface area contributed by atoms with Crippen molar-refractivity contribution in [1.82, 2.24) is 5.32 Å². The highest BCUT2D eigenvalue weighted by atomic mass is 35.5. The number of nitrogens with one attached hydrogen (secondary N) is 1. The number of carboxylic acid groups (broad SMARTS) is 1. The summed E-state index contributed by atoms with van der Waals surface area (Å²) in [6.45, 7) is 4.69. The third-order valence-electron chi connectivity index (χ3n) is 4.61. The van der Waals surface area contributed by atoms with Crippen LogP contribution in [-0.4, -0.2) is 18.2 Å². The summed E-state index contributed by atoms with van der Waals surface area (Å²) in [4.78, 5) is 11.4. The van der Waals surface area contributed by atoms with Crippen molar-refractivity contribution in [1.29, 1.82) is 0 Å². The van der Waals surface area contributed by atoms with Crippen molar-refractivity contribution in [3.8, 4) is 17.1 Å². The van der Waals surface area contributed by atoms with Crippen molar-refractivity contribution in [3.05, 3.63) is 76.0 Å². The Kier molecular flexibility index (Phi) is 6.07. The lowest BCUT2D eigenvalue weighted by Crippen LogP contribution is -2.17. The zero-order valence-electron chi connectivity index (χ0n) is 16.0. The van der Waals surface area contributed by atoms with Crippen LogP contribution in [0.4, 0.5) is 0 Å². The smallest absolute Gasteiger partial charge is 0.337 e. The minimum absolute atomic E-state index is 0.00142. The molecule has 2 aromatic carbocycles. The average Bonchev–Trinajstić information content (AvgIpc) is 3.14. The molecule has 5 nitrogen and oxygen atoms in total. The van der Waals surface area contributed by atoms with E-state index < -0.39 is 5.97 Å². The minimum Gasteiger partial charge on any atom is -0.496 e. The fourth-order valence-corrected chi connectivity index (χ4v) is 3.16. The number of aryl methyl sites for hydroxylation is 1. The number of benzene rings is 2. The Hall–Kier alpha value is -2.76. The first kappa shape index (κ1) is 20.0. The zero-order chi connectivity index (χ0) is 20.3. The normalized spacial score (nSPS) is 12.0. The molecule has 6 heteroatoms. The topological polar surface area (TPSA) is 71.7 Å². The van der Waals surface area contributed by atoms with Gasteiger partial charge in [0.2, 0.25) is 0 Å². The molecule has 1 heterocycles. The van der Waals surface area contributed by atoms with E-state index in [1.165, 1.54) is 30.4 Å². The lowest BCUT2D eigenvalue weighted by Gasteiger charge is -2.13. The highest BCUT2D eigenvalue weighted by Crippen LogP contribution is 2.36. The monoisotopic (exact) mass is 399 g/mol. The summed E-state index contributed by atoms with van der Waals surface area (Å²) in [5, 5.41) is 12.9. The lowest BCUT2D eigenvalue weighted by atomic mass is 10.1. The zero-order valence-corrected chi connectivity index (χ0v) is 16.7. The number of hydrogen-bond acceptors (Lipinski definition) is 4. The summed E-state index contributed by atoms with van der Waals surface area (Å²) in [5.41, 5.74) is 2.97. The van der Waals surface area contributed by atoms with E-state index in [0.717, 1.165) is 5.76 Å². The number of furan rings is 1. The van der Waals surface area contributed by atoms with Crippen LogP contribution < -0.4 is 10.1 Å². The first-order valence-electron chi connectivity index (χ1n) is 8.89. The Labute approximate surface area is 168 Å². The van der Waals surface area contributed by atoms with Gasteiger partial charge in [0.15, 0.2) is 0 Å². The minimum atomic E-state index is -1.10. The molecule has 0 saturated heterocycles. The first-order chi connectivity index (χ1) is 13.4. The molecule has 3 rings (SSSR count). The molecule has 28 heavy (non-hydrogen) atoms. The molecule has 1 atom stereocenters. The molecular weight excluding hydrogens is 378 g/mol.